The SMILES string of the molecule is C[C@H]1CN(c2ccccc2NC(=O)c2c(Cl)nc3ccccn23)C[C@H](C)O1. The van der Waals surface area contributed by atoms with E-state index in [9.17, 15) is 4.79 Å². The molecular weight excluding hydrogens is 364 g/mol. The van der Waals surface area contributed by atoms with E-state index in [2.05, 4.69) is 29.0 Å². The van der Waals surface area contributed by atoms with E-state index in [1.807, 2.05) is 42.5 Å². The van der Waals surface area contributed by atoms with Crippen LogP contribution < -0.4 is 10.2 Å². The van der Waals surface area contributed by atoms with Crippen molar-refractivity contribution in [2.24, 2.45) is 0 Å². The first-order valence-corrected chi connectivity index (χ1v) is 9.34. The van der Waals surface area contributed by atoms with Crippen LogP contribution in [0.25, 0.3) is 5.65 Å². The second kappa shape index (κ2) is 7.21. The second-order valence-corrected chi connectivity index (χ2v) is 7.17. The van der Waals surface area contributed by atoms with Gasteiger partial charge in [-0.25, -0.2) is 4.98 Å². The Hall–Kier alpha value is -2.57. The number of imidazole rings is 1. The molecule has 4 rings (SSSR count). The first kappa shape index (κ1) is 17.8. The Bertz CT molecular complexity index is 977. The Balaban J connectivity index is 1.65. The van der Waals surface area contributed by atoms with Gasteiger partial charge in [-0.2, -0.15) is 0 Å². The lowest BCUT2D eigenvalue weighted by Crippen LogP contribution is -2.45. The molecule has 0 aliphatic carbocycles. The average Bonchev–Trinajstić information content (AvgIpc) is 2.97. The van der Waals surface area contributed by atoms with Gasteiger partial charge in [-0.1, -0.05) is 29.8 Å². The fourth-order valence-electron chi connectivity index (χ4n) is 3.58. The molecule has 1 aromatic carbocycles. The molecule has 3 aromatic rings. The van der Waals surface area contributed by atoms with E-state index in [1.165, 1.54) is 0 Å². The molecule has 0 spiro atoms. The van der Waals surface area contributed by atoms with Gasteiger partial charge >= 0.3 is 0 Å². The van der Waals surface area contributed by atoms with E-state index < -0.39 is 0 Å². The van der Waals surface area contributed by atoms with E-state index in [4.69, 9.17) is 16.3 Å². The first-order chi connectivity index (χ1) is 13.0. The number of hydrogen-bond acceptors (Lipinski definition) is 4. The van der Waals surface area contributed by atoms with E-state index in [0.717, 1.165) is 24.5 Å². The molecule has 1 aliphatic rings. The van der Waals surface area contributed by atoms with Gasteiger partial charge in [0.15, 0.2) is 10.8 Å². The summed E-state index contributed by atoms with van der Waals surface area (Å²) in [7, 11) is 0. The molecule has 1 N–H and O–H groups in total. The van der Waals surface area contributed by atoms with Crippen LogP contribution in [0.2, 0.25) is 5.15 Å². The topological polar surface area (TPSA) is 58.9 Å². The van der Waals surface area contributed by atoms with Gasteiger partial charge in [0.2, 0.25) is 0 Å². The number of morpholine rings is 1. The number of amides is 1. The molecule has 0 radical (unpaired) electrons. The summed E-state index contributed by atoms with van der Waals surface area (Å²) in [5.41, 5.74) is 2.67. The van der Waals surface area contributed by atoms with Crippen molar-refractivity contribution < 1.29 is 9.53 Å². The van der Waals surface area contributed by atoms with E-state index >= 15 is 0 Å². The summed E-state index contributed by atoms with van der Waals surface area (Å²) >= 11 is 6.24. The number of fused-ring (bicyclic) bond motifs is 1. The number of carbonyl (C=O) groups excluding carboxylic acids is 1. The van der Waals surface area contributed by atoms with Gasteiger partial charge in [0.25, 0.3) is 5.91 Å². The van der Waals surface area contributed by atoms with Crippen LogP contribution >= 0.6 is 11.6 Å². The number of hydrogen-bond donors (Lipinski definition) is 1. The second-order valence-electron chi connectivity index (χ2n) is 6.81. The molecule has 0 bridgehead atoms. The molecule has 0 unspecified atom stereocenters. The minimum absolute atomic E-state index is 0.130. The van der Waals surface area contributed by atoms with Gasteiger partial charge in [-0.15, -0.1) is 0 Å². The van der Waals surface area contributed by atoms with Crippen molar-refractivity contribution in [1.82, 2.24) is 9.38 Å². The number of pyridine rings is 1. The number of halogens is 1. The van der Waals surface area contributed by atoms with Crippen LogP contribution in [-0.4, -0.2) is 40.6 Å². The molecule has 140 valence electrons. The number of rotatable bonds is 3. The number of carbonyl (C=O) groups is 1. The van der Waals surface area contributed by atoms with Gasteiger partial charge in [0.05, 0.1) is 23.6 Å². The molecule has 27 heavy (non-hydrogen) atoms. The number of ether oxygens (including phenoxy) is 1. The largest absolute Gasteiger partial charge is 0.372 e. The summed E-state index contributed by atoms with van der Waals surface area (Å²) in [5, 5.41) is 3.19. The highest BCUT2D eigenvalue weighted by Gasteiger charge is 2.25. The summed E-state index contributed by atoms with van der Waals surface area (Å²) in [6.45, 7) is 5.66. The number of nitrogens with one attached hydrogen (secondary N) is 1. The molecule has 7 heteroatoms. The molecule has 3 heterocycles. The third kappa shape index (κ3) is 3.50. The number of benzene rings is 1. The Morgan fingerprint density at radius 1 is 1.15 bits per heavy atom. The van der Waals surface area contributed by atoms with Crippen LogP contribution in [0.5, 0.6) is 0 Å². The summed E-state index contributed by atoms with van der Waals surface area (Å²) in [6, 6.07) is 13.3. The highest BCUT2D eigenvalue weighted by atomic mass is 35.5. The first-order valence-electron chi connectivity index (χ1n) is 8.96. The third-order valence-electron chi connectivity index (χ3n) is 4.62. The van der Waals surface area contributed by atoms with Crippen molar-refractivity contribution in [1.29, 1.82) is 0 Å². The fraction of sp³-hybridized carbons (Fsp3) is 0.300. The molecule has 1 aliphatic heterocycles. The smallest absolute Gasteiger partial charge is 0.275 e. The highest BCUT2D eigenvalue weighted by Crippen LogP contribution is 2.29. The minimum atomic E-state index is -0.291. The predicted octanol–water partition coefficient (Wildman–Crippen LogP) is 3.85. The zero-order valence-electron chi connectivity index (χ0n) is 15.2. The van der Waals surface area contributed by atoms with E-state index in [-0.39, 0.29) is 23.3 Å². The number of para-hydroxylation sites is 2. The van der Waals surface area contributed by atoms with Crippen LogP contribution in [0.4, 0.5) is 11.4 Å². The van der Waals surface area contributed by atoms with Crippen LogP contribution in [0.3, 0.4) is 0 Å². The molecule has 2 aromatic heterocycles. The van der Waals surface area contributed by atoms with Crippen molar-refractivity contribution in [2.75, 3.05) is 23.3 Å². The zero-order chi connectivity index (χ0) is 19.0. The van der Waals surface area contributed by atoms with Crippen LogP contribution in [0.1, 0.15) is 24.3 Å². The minimum Gasteiger partial charge on any atom is -0.372 e. The molecular formula is C20H21ClN4O2. The quantitative estimate of drug-likeness (QED) is 0.745. The van der Waals surface area contributed by atoms with Gasteiger partial charge in [0.1, 0.15) is 5.65 Å². The van der Waals surface area contributed by atoms with Gasteiger partial charge in [-0.3, -0.25) is 9.20 Å². The normalized spacial score (nSPS) is 20.0. The molecule has 1 fully saturated rings. The lowest BCUT2D eigenvalue weighted by molar-refractivity contribution is -0.00517. The Morgan fingerprint density at radius 2 is 1.85 bits per heavy atom. The average molecular weight is 385 g/mol. The Morgan fingerprint density at radius 3 is 2.63 bits per heavy atom. The maximum Gasteiger partial charge on any atom is 0.275 e. The summed E-state index contributed by atoms with van der Waals surface area (Å²) in [4.78, 5) is 19.5. The molecule has 1 amide bonds. The van der Waals surface area contributed by atoms with Gasteiger partial charge in [-0.05, 0) is 38.1 Å². The fourth-order valence-corrected chi connectivity index (χ4v) is 3.84. The van der Waals surface area contributed by atoms with Gasteiger partial charge < -0.3 is 15.0 Å². The summed E-state index contributed by atoms with van der Waals surface area (Å²) < 4.78 is 7.52. The standard InChI is InChI=1S/C20H21ClN4O2/c1-13-11-24(12-14(2)27-13)16-8-4-3-7-15(16)22-20(26)18-19(21)23-17-9-5-6-10-25(17)18/h3-10,13-14H,11-12H2,1-2H3,(H,22,26)/t13-,14-/m0/s1. The number of nitrogens with zero attached hydrogens (tertiary/aromatic N) is 3. The molecule has 1 saturated heterocycles. The zero-order valence-corrected chi connectivity index (χ0v) is 16.0. The lowest BCUT2D eigenvalue weighted by Gasteiger charge is -2.37. The third-order valence-corrected chi connectivity index (χ3v) is 4.88. The van der Waals surface area contributed by atoms with Crippen molar-refractivity contribution >= 4 is 34.5 Å². The molecule has 0 saturated carbocycles. The maximum absolute atomic E-state index is 13.0. The summed E-state index contributed by atoms with van der Waals surface area (Å²) in [5.74, 6) is -0.291. The summed E-state index contributed by atoms with van der Waals surface area (Å²) in [6.07, 6.45) is 2.04. The monoisotopic (exact) mass is 384 g/mol. The molecule has 6 nitrogen and oxygen atoms in total. The predicted molar refractivity (Wildman–Crippen MR) is 107 cm³/mol. The number of aromatic nitrogens is 2. The van der Waals surface area contributed by atoms with E-state index in [0.29, 0.717) is 11.3 Å². The Labute approximate surface area is 162 Å². The molecule has 2 atom stereocenters. The van der Waals surface area contributed by atoms with Crippen LogP contribution in [-0.2, 0) is 4.74 Å². The van der Waals surface area contributed by atoms with Crippen LogP contribution in [0.15, 0.2) is 48.7 Å². The van der Waals surface area contributed by atoms with E-state index in [1.54, 1.807) is 10.6 Å². The highest BCUT2D eigenvalue weighted by molar-refractivity contribution is 6.33. The van der Waals surface area contributed by atoms with Crippen LogP contribution in [0, 0.1) is 0 Å². The van der Waals surface area contributed by atoms with Crippen molar-refractivity contribution in [2.45, 2.75) is 26.1 Å². The lowest BCUT2D eigenvalue weighted by atomic mass is 10.1. The van der Waals surface area contributed by atoms with Gasteiger partial charge in [0, 0.05) is 19.3 Å². The number of anilines is 2. The maximum atomic E-state index is 13.0. The van der Waals surface area contributed by atoms with Crippen molar-refractivity contribution in [3.05, 3.63) is 59.5 Å². The van der Waals surface area contributed by atoms with Crippen molar-refractivity contribution in [3.8, 4) is 0 Å². The van der Waals surface area contributed by atoms with Crippen molar-refractivity contribution in [3.63, 3.8) is 0 Å². The Kier molecular flexibility index (Phi) is 4.76.